The summed E-state index contributed by atoms with van der Waals surface area (Å²) < 4.78 is 30.9. The Hall–Kier alpha value is -2.05. The van der Waals surface area contributed by atoms with Gasteiger partial charge in [-0.05, 0) is 69.6 Å². The molecule has 144 valence electrons. The summed E-state index contributed by atoms with van der Waals surface area (Å²) >= 11 is 0. The summed E-state index contributed by atoms with van der Waals surface area (Å²) in [4.78, 5) is 2.03. The van der Waals surface area contributed by atoms with Crippen molar-refractivity contribution in [1.29, 1.82) is 0 Å². The second-order valence-electron chi connectivity index (χ2n) is 7.90. The maximum atomic E-state index is 13.0. The van der Waals surface area contributed by atoms with Crippen molar-refractivity contribution in [3.63, 3.8) is 0 Å². The van der Waals surface area contributed by atoms with Crippen LogP contribution in [0, 0.1) is 5.82 Å². The van der Waals surface area contributed by atoms with E-state index in [1.54, 1.807) is 12.1 Å². The molecule has 0 radical (unpaired) electrons. The number of hydrogen-bond donors (Lipinski definition) is 0. The summed E-state index contributed by atoms with van der Waals surface area (Å²) in [5, 5.41) is 0. The van der Waals surface area contributed by atoms with Crippen molar-refractivity contribution in [3.8, 4) is 5.75 Å². The van der Waals surface area contributed by atoms with Crippen LogP contribution in [0.4, 0.5) is 10.1 Å². The average Bonchev–Trinajstić information content (AvgIpc) is 2.83. The van der Waals surface area contributed by atoms with Crippen molar-refractivity contribution < 1.29 is 18.4 Å². The minimum absolute atomic E-state index is 0.231. The van der Waals surface area contributed by atoms with Crippen LogP contribution >= 0.6 is 0 Å². The van der Waals surface area contributed by atoms with Gasteiger partial charge in [-0.1, -0.05) is 12.1 Å². The van der Waals surface area contributed by atoms with Crippen LogP contribution in [0.25, 0.3) is 0 Å². The van der Waals surface area contributed by atoms with E-state index in [-0.39, 0.29) is 24.1 Å². The lowest BCUT2D eigenvalue weighted by Gasteiger charge is -2.32. The summed E-state index contributed by atoms with van der Waals surface area (Å²) in [6.45, 7) is 9.41. The molecular weight excluding hydrogens is 344 g/mol. The van der Waals surface area contributed by atoms with Gasteiger partial charge < -0.3 is 18.9 Å². The highest BCUT2D eigenvalue weighted by atomic mass is 19.1. The number of benzene rings is 2. The summed E-state index contributed by atoms with van der Waals surface area (Å²) in [5.41, 5.74) is 1.23. The van der Waals surface area contributed by atoms with Crippen LogP contribution in [0.5, 0.6) is 5.75 Å². The topological polar surface area (TPSA) is 30.9 Å². The van der Waals surface area contributed by atoms with Crippen molar-refractivity contribution in [3.05, 3.63) is 54.3 Å². The van der Waals surface area contributed by atoms with E-state index in [2.05, 4.69) is 0 Å². The fourth-order valence-electron chi connectivity index (χ4n) is 2.83. The molecule has 0 N–H and O–H groups in total. The van der Waals surface area contributed by atoms with E-state index in [4.69, 9.17) is 14.0 Å². The third-order valence-corrected chi connectivity index (χ3v) is 5.37. The van der Waals surface area contributed by atoms with E-state index in [9.17, 15) is 4.39 Å². The van der Waals surface area contributed by atoms with Crippen LogP contribution in [0.1, 0.15) is 27.7 Å². The van der Waals surface area contributed by atoms with Gasteiger partial charge in [0.2, 0.25) is 0 Å². The molecule has 1 fully saturated rings. The minimum atomic E-state index is -0.367. The first-order valence-corrected chi connectivity index (χ1v) is 9.23. The van der Waals surface area contributed by atoms with Gasteiger partial charge in [-0.3, -0.25) is 0 Å². The maximum Gasteiger partial charge on any atom is 0.494 e. The molecule has 4 nitrogen and oxygen atoms in total. The van der Waals surface area contributed by atoms with Gasteiger partial charge in [-0.15, -0.1) is 0 Å². The first-order valence-electron chi connectivity index (χ1n) is 9.23. The number of rotatable bonds is 6. The Balaban J connectivity index is 1.52. The van der Waals surface area contributed by atoms with Crippen molar-refractivity contribution in [2.75, 3.05) is 25.1 Å². The van der Waals surface area contributed by atoms with Crippen LogP contribution < -0.4 is 15.1 Å². The number of anilines is 1. The fourth-order valence-corrected chi connectivity index (χ4v) is 2.83. The molecule has 1 saturated heterocycles. The minimum Gasteiger partial charge on any atom is -0.492 e. The molecule has 0 spiro atoms. The van der Waals surface area contributed by atoms with Gasteiger partial charge in [0.15, 0.2) is 0 Å². The van der Waals surface area contributed by atoms with E-state index < -0.39 is 0 Å². The molecule has 1 aliphatic heterocycles. The predicted molar refractivity (Wildman–Crippen MR) is 107 cm³/mol. The second kappa shape index (κ2) is 7.53. The number of halogens is 1. The number of likely N-dealkylation sites (N-methyl/N-ethyl adjacent to an activating group) is 1. The molecule has 0 bridgehead atoms. The van der Waals surface area contributed by atoms with E-state index in [1.807, 2.05) is 63.9 Å². The Kier molecular flexibility index (Phi) is 5.49. The molecular formula is C21H27BFNO3. The van der Waals surface area contributed by atoms with Crippen LogP contribution in [0.15, 0.2) is 48.5 Å². The van der Waals surface area contributed by atoms with Gasteiger partial charge in [0.1, 0.15) is 18.2 Å². The van der Waals surface area contributed by atoms with Crippen LogP contribution in [0.2, 0.25) is 0 Å². The van der Waals surface area contributed by atoms with E-state index >= 15 is 0 Å². The van der Waals surface area contributed by atoms with Gasteiger partial charge in [0.25, 0.3) is 0 Å². The summed E-state index contributed by atoms with van der Waals surface area (Å²) in [7, 11) is 1.59. The van der Waals surface area contributed by atoms with Gasteiger partial charge in [0.05, 0.1) is 17.7 Å². The summed E-state index contributed by atoms with van der Waals surface area (Å²) in [5.74, 6) is 0.563. The monoisotopic (exact) mass is 371 g/mol. The zero-order valence-corrected chi connectivity index (χ0v) is 16.7. The largest absolute Gasteiger partial charge is 0.494 e. The van der Waals surface area contributed by atoms with Gasteiger partial charge in [0, 0.05) is 12.7 Å². The van der Waals surface area contributed by atoms with Crippen LogP contribution in [-0.4, -0.2) is 38.5 Å². The first-order chi connectivity index (χ1) is 12.7. The molecule has 2 aromatic rings. The average molecular weight is 371 g/mol. The zero-order chi connectivity index (χ0) is 19.7. The van der Waals surface area contributed by atoms with Crippen LogP contribution in [-0.2, 0) is 9.31 Å². The smallest absolute Gasteiger partial charge is 0.492 e. The molecule has 1 heterocycles. The highest BCUT2D eigenvalue weighted by molar-refractivity contribution is 6.62. The number of ether oxygens (including phenoxy) is 1. The number of nitrogens with zero attached hydrogens (tertiary/aromatic N) is 1. The van der Waals surface area contributed by atoms with Crippen molar-refractivity contribution in [1.82, 2.24) is 0 Å². The summed E-state index contributed by atoms with van der Waals surface area (Å²) in [6, 6.07) is 14.2. The van der Waals surface area contributed by atoms with Crippen molar-refractivity contribution in [2.45, 2.75) is 38.9 Å². The molecule has 0 atom stereocenters. The Morgan fingerprint density at radius 1 is 0.926 bits per heavy atom. The molecule has 0 amide bonds. The zero-order valence-electron chi connectivity index (χ0n) is 16.7. The maximum absolute atomic E-state index is 13.0. The Bertz CT molecular complexity index is 746. The Labute approximate surface area is 161 Å². The third kappa shape index (κ3) is 4.45. The fraction of sp³-hybridized carbons (Fsp3) is 0.429. The molecule has 27 heavy (non-hydrogen) atoms. The molecule has 3 rings (SSSR count). The Morgan fingerprint density at radius 2 is 1.48 bits per heavy atom. The van der Waals surface area contributed by atoms with Crippen molar-refractivity contribution >= 4 is 18.3 Å². The van der Waals surface area contributed by atoms with Gasteiger partial charge in [-0.2, -0.15) is 0 Å². The standard InChI is InChI=1S/C21H27BFNO3/c1-20(2)21(3,4)27-22(26-20)16-6-12-19(13-7-16)25-15-14-24(5)18-10-8-17(23)9-11-18/h6-13H,14-15H2,1-5H3. The highest BCUT2D eigenvalue weighted by Crippen LogP contribution is 2.36. The van der Waals surface area contributed by atoms with Crippen LogP contribution in [0.3, 0.4) is 0 Å². The number of hydrogen-bond acceptors (Lipinski definition) is 4. The molecule has 2 aromatic carbocycles. The van der Waals surface area contributed by atoms with Gasteiger partial charge in [-0.25, -0.2) is 4.39 Å². The summed E-state index contributed by atoms with van der Waals surface area (Å²) in [6.07, 6.45) is 0. The predicted octanol–water partition coefficient (Wildman–Crippen LogP) is 3.64. The van der Waals surface area contributed by atoms with E-state index in [0.29, 0.717) is 13.2 Å². The van der Waals surface area contributed by atoms with Crippen molar-refractivity contribution in [2.24, 2.45) is 0 Å². The molecule has 0 aliphatic carbocycles. The molecule has 0 saturated carbocycles. The van der Waals surface area contributed by atoms with Gasteiger partial charge >= 0.3 is 7.12 Å². The highest BCUT2D eigenvalue weighted by Gasteiger charge is 2.51. The molecule has 6 heteroatoms. The normalized spacial score (nSPS) is 17.8. The lowest BCUT2D eigenvalue weighted by Crippen LogP contribution is -2.41. The molecule has 0 aromatic heterocycles. The van der Waals surface area contributed by atoms with E-state index in [0.717, 1.165) is 16.9 Å². The lowest BCUT2D eigenvalue weighted by atomic mass is 9.79. The van der Waals surface area contributed by atoms with E-state index in [1.165, 1.54) is 12.1 Å². The first kappa shape index (κ1) is 19.7. The SMILES string of the molecule is CN(CCOc1ccc(B2OC(C)(C)C(C)(C)O2)cc1)c1ccc(F)cc1. The second-order valence-corrected chi connectivity index (χ2v) is 7.90. The molecule has 1 aliphatic rings. The Morgan fingerprint density at radius 3 is 2.04 bits per heavy atom. The third-order valence-electron chi connectivity index (χ3n) is 5.37. The quantitative estimate of drug-likeness (QED) is 0.726. The molecule has 0 unspecified atom stereocenters. The lowest BCUT2D eigenvalue weighted by molar-refractivity contribution is 0.00578.